The number of carboxylic acid groups (broad SMARTS) is 4. The Balaban J connectivity index is -0.000000216. The fraction of sp³-hybridized carbons (Fsp3) is 0.600. The Kier molecular flexibility index (Phi) is 26.6. The molecule has 0 rings (SSSR count). The predicted molar refractivity (Wildman–Crippen MR) is 136 cm³/mol. The lowest BCUT2D eigenvalue weighted by atomic mass is 10.2. The highest BCUT2D eigenvalue weighted by atomic mass is 16.4. The zero-order valence-corrected chi connectivity index (χ0v) is 21.6. The number of aliphatic carboxylic acids is 4. The van der Waals surface area contributed by atoms with Gasteiger partial charge >= 0.3 is 23.9 Å². The topological polar surface area (TPSA) is 426 Å². The van der Waals surface area contributed by atoms with Crippen molar-refractivity contribution >= 4 is 47.5 Å². The van der Waals surface area contributed by atoms with Crippen molar-refractivity contribution in [3.05, 3.63) is 0 Å². The van der Waals surface area contributed by atoms with Gasteiger partial charge in [-0.05, 0) is 25.7 Å². The first-order valence-electron chi connectivity index (χ1n) is 11.2. The minimum absolute atomic E-state index is 0.0213. The van der Waals surface area contributed by atoms with Crippen LogP contribution in [0.5, 0.6) is 0 Å². The van der Waals surface area contributed by atoms with Crippen molar-refractivity contribution in [3.8, 4) is 0 Å². The first-order valence-corrected chi connectivity index (χ1v) is 11.2. The second kappa shape index (κ2) is 24.9. The van der Waals surface area contributed by atoms with Gasteiger partial charge in [-0.1, -0.05) is 0 Å². The molecule has 4 atom stereocenters. The molecule has 0 aliphatic heterocycles. The molecule has 0 aliphatic carbocycles. The summed E-state index contributed by atoms with van der Waals surface area (Å²) in [6.07, 6.45) is 0.493. The second-order valence-corrected chi connectivity index (χ2v) is 7.80. The van der Waals surface area contributed by atoms with E-state index in [1.54, 1.807) is 0 Å². The average molecular weight is 585 g/mol. The maximum absolute atomic E-state index is 10.1. The van der Waals surface area contributed by atoms with E-state index in [4.69, 9.17) is 66.3 Å². The van der Waals surface area contributed by atoms with Crippen LogP contribution < -0.4 is 45.9 Å². The lowest BCUT2D eigenvalue weighted by Crippen LogP contribution is -2.31. The number of primary amides is 4. The highest BCUT2D eigenvalue weighted by Gasteiger charge is 2.13. The summed E-state index contributed by atoms with van der Waals surface area (Å²) in [6, 6.07) is -3.92. The summed E-state index contributed by atoms with van der Waals surface area (Å²) in [5, 5.41) is 32.9. The Morgan fingerprint density at radius 2 is 0.500 bits per heavy atom. The molecule has 0 aromatic rings. The summed E-state index contributed by atoms with van der Waals surface area (Å²) in [7, 11) is 0. The summed E-state index contributed by atoms with van der Waals surface area (Å²) < 4.78 is 0. The molecule has 0 radical (unpaired) electrons. The summed E-state index contributed by atoms with van der Waals surface area (Å²) >= 11 is 0. The van der Waals surface area contributed by atoms with E-state index in [2.05, 4.69) is 0 Å². The Morgan fingerprint density at radius 3 is 0.575 bits per heavy atom. The molecule has 0 heterocycles. The van der Waals surface area contributed by atoms with Gasteiger partial charge < -0.3 is 66.3 Å². The van der Waals surface area contributed by atoms with E-state index in [1.807, 2.05) is 0 Å². The van der Waals surface area contributed by atoms with E-state index < -0.39 is 71.7 Å². The maximum Gasteiger partial charge on any atom is 0.320 e. The normalized spacial score (nSPS) is 12.5. The van der Waals surface area contributed by atoms with E-state index in [1.165, 1.54) is 0 Å². The Hall–Kier alpha value is -4.40. The van der Waals surface area contributed by atoms with Crippen molar-refractivity contribution in [1.82, 2.24) is 0 Å². The number of hydrogen-bond donors (Lipinski definition) is 12. The van der Waals surface area contributed by atoms with Gasteiger partial charge in [0.2, 0.25) is 23.6 Å². The van der Waals surface area contributed by atoms with Crippen LogP contribution in [0, 0.1) is 0 Å². The number of hydrogen-bond acceptors (Lipinski definition) is 12. The van der Waals surface area contributed by atoms with Crippen LogP contribution in [0.1, 0.15) is 51.4 Å². The first kappa shape index (κ1) is 42.7. The van der Waals surface area contributed by atoms with Crippen molar-refractivity contribution in [2.24, 2.45) is 45.9 Å². The number of nitrogens with two attached hydrogens (primary N) is 8. The summed E-state index contributed by atoms with van der Waals surface area (Å²) in [4.78, 5) is 80.5. The minimum Gasteiger partial charge on any atom is -0.480 e. The van der Waals surface area contributed by atoms with Gasteiger partial charge in [-0.2, -0.15) is 0 Å². The molecule has 20 N–H and O–H groups in total. The largest absolute Gasteiger partial charge is 0.480 e. The number of amides is 4. The Labute approximate surface area is 228 Å². The van der Waals surface area contributed by atoms with Crippen molar-refractivity contribution in [3.63, 3.8) is 0 Å². The number of carbonyl (C=O) groups is 8. The van der Waals surface area contributed by atoms with Crippen LogP contribution in [0.4, 0.5) is 0 Å². The molecule has 20 heteroatoms. The molecule has 0 aromatic heterocycles. The number of carboxylic acids is 4. The van der Waals surface area contributed by atoms with Crippen molar-refractivity contribution in [2.45, 2.75) is 75.5 Å². The summed E-state index contributed by atoms with van der Waals surface area (Å²) in [5.74, 6) is -6.56. The van der Waals surface area contributed by atoms with Gasteiger partial charge in [-0.25, -0.2) is 0 Å². The maximum atomic E-state index is 10.1. The monoisotopic (exact) mass is 584 g/mol. The Morgan fingerprint density at radius 1 is 0.375 bits per heavy atom. The molecule has 0 saturated carbocycles. The van der Waals surface area contributed by atoms with E-state index in [0.717, 1.165) is 0 Å². The average Bonchev–Trinajstić information content (AvgIpc) is 2.83. The van der Waals surface area contributed by atoms with Gasteiger partial charge in [-0.15, -0.1) is 0 Å². The van der Waals surface area contributed by atoms with Gasteiger partial charge in [0.25, 0.3) is 0 Å². The molecule has 4 amide bonds. The van der Waals surface area contributed by atoms with Crippen LogP contribution in [0.25, 0.3) is 0 Å². The van der Waals surface area contributed by atoms with Crippen LogP contribution in [0.15, 0.2) is 0 Å². The fourth-order valence-electron chi connectivity index (χ4n) is 1.68. The van der Waals surface area contributed by atoms with Crippen LogP contribution in [-0.2, 0) is 38.4 Å². The molecule has 0 saturated heterocycles. The van der Waals surface area contributed by atoms with Gasteiger partial charge in [0.1, 0.15) is 24.2 Å². The highest BCUT2D eigenvalue weighted by molar-refractivity contribution is 5.78. The SMILES string of the molecule is NC(=O)CCC(N)C(=O)O.NC(=O)CCC(N)C(=O)O.NC(=O)CCC(N)C(=O)O.NC(=O)CCC(N)C(=O)O. The van der Waals surface area contributed by atoms with Crippen LogP contribution in [-0.4, -0.2) is 92.1 Å². The highest BCUT2D eigenvalue weighted by Crippen LogP contribution is 1.94. The molecule has 232 valence electrons. The van der Waals surface area contributed by atoms with Gasteiger partial charge in [-0.3, -0.25) is 38.4 Å². The van der Waals surface area contributed by atoms with Crippen LogP contribution in [0.3, 0.4) is 0 Å². The van der Waals surface area contributed by atoms with E-state index in [0.29, 0.717) is 0 Å². The molecule has 0 aliphatic rings. The van der Waals surface area contributed by atoms with Crippen LogP contribution >= 0.6 is 0 Å². The lowest BCUT2D eigenvalue weighted by Gasteiger charge is -2.01. The molecule has 40 heavy (non-hydrogen) atoms. The number of rotatable bonds is 16. The predicted octanol–water partition coefficient (Wildman–Crippen LogP) is -5.34. The second-order valence-electron chi connectivity index (χ2n) is 7.80. The zero-order valence-electron chi connectivity index (χ0n) is 21.6. The molecule has 0 aromatic carbocycles. The van der Waals surface area contributed by atoms with Crippen LogP contribution in [0.2, 0.25) is 0 Å². The molecule has 4 unspecified atom stereocenters. The molecular weight excluding hydrogens is 544 g/mol. The first-order chi connectivity index (χ1) is 18.1. The zero-order chi connectivity index (χ0) is 32.6. The summed E-state index contributed by atoms with van der Waals surface area (Å²) in [5.41, 5.74) is 39.2. The fourth-order valence-corrected chi connectivity index (χ4v) is 1.68. The van der Waals surface area contributed by atoms with E-state index in [-0.39, 0.29) is 51.4 Å². The van der Waals surface area contributed by atoms with E-state index >= 15 is 0 Å². The number of carbonyl (C=O) groups excluding carboxylic acids is 4. The molecule has 0 bridgehead atoms. The van der Waals surface area contributed by atoms with Crippen molar-refractivity contribution < 1.29 is 58.8 Å². The third-order valence-electron chi connectivity index (χ3n) is 4.08. The van der Waals surface area contributed by atoms with Gasteiger partial charge in [0, 0.05) is 25.7 Å². The standard InChI is InChI=1S/4C5H10N2O3/c4*6-3(5(9)10)1-2-4(7)8/h4*3H,1-2,6H2,(H2,7,8)(H,9,10). The Bertz CT molecular complexity index is 719. The third-order valence-corrected chi connectivity index (χ3v) is 4.08. The van der Waals surface area contributed by atoms with Crippen molar-refractivity contribution in [2.75, 3.05) is 0 Å². The molecule has 0 fully saturated rings. The smallest absolute Gasteiger partial charge is 0.320 e. The van der Waals surface area contributed by atoms with E-state index in [9.17, 15) is 38.4 Å². The van der Waals surface area contributed by atoms with Gasteiger partial charge in [0.15, 0.2) is 0 Å². The van der Waals surface area contributed by atoms with Crippen molar-refractivity contribution in [1.29, 1.82) is 0 Å². The van der Waals surface area contributed by atoms with Gasteiger partial charge in [0.05, 0.1) is 0 Å². The minimum atomic E-state index is -1.11. The third kappa shape index (κ3) is 35.8. The quantitative estimate of drug-likeness (QED) is 0.0805. The molecular formula is C20H40N8O12. The summed E-state index contributed by atoms with van der Waals surface area (Å²) in [6.45, 7) is 0. The molecule has 0 spiro atoms. The molecule has 20 nitrogen and oxygen atoms in total. The lowest BCUT2D eigenvalue weighted by molar-refractivity contribution is -0.139.